The number of aromatic nitrogens is 1. The van der Waals surface area contributed by atoms with E-state index in [9.17, 15) is 0 Å². The Morgan fingerprint density at radius 3 is 2.86 bits per heavy atom. The van der Waals surface area contributed by atoms with E-state index in [2.05, 4.69) is 53.4 Å². The number of likely N-dealkylation sites (N-methyl/N-ethyl adjacent to an activating group) is 1. The van der Waals surface area contributed by atoms with E-state index < -0.39 is 0 Å². The van der Waals surface area contributed by atoms with E-state index in [1.54, 1.807) is 0 Å². The van der Waals surface area contributed by atoms with E-state index in [4.69, 9.17) is 4.98 Å². The van der Waals surface area contributed by atoms with Crippen LogP contribution in [0.1, 0.15) is 12.5 Å². The quantitative estimate of drug-likeness (QED) is 0.938. The minimum Gasteiger partial charge on any atom is -0.373 e. The third-order valence-corrected chi connectivity index (χ3v) is 4.38. The first-order valence-electron chi connectivity index (χ1n) is 7.66. The van der Waals surface area contributed by atoms with Crippen molar-refractivity contribution in [2.45, 2.75) is 19.5 Å². The molecule has 2 heterocycles. The second-order valence-corrected chi connectivity index (χ2v) is 6.02. The van der Waals surface area contributed by atoms with Crippen molar-refractivity contribution in [1.82, 2.24) is 14.8 Å². The lowest BCUT2D eigenvalue weighted by atomic mass is 10.1. The van der Waals surface area contributed by atoms with Crippen LogP contribution in [-0.2, 0) is 6.54 Å². The predicted molar refractivity (Wildman–Crippen MR) is 88.7 cm³/mol. The van der Waals surface area contributed by atoms with Crippen LogP contribution in [0.15, 0.2) is 30.3 Å². The Labute approximate surface area is 126 Å². The number of rotatable bonds is 3. The second kappa shape index (κ2) is 6.00. The molecule has 1 aliphatic heterocycles. The van der Waals surface area contributed by atoms with Gasteiger partial charge in [0.1, 0.15) is 5.82 Å². The fourth-order valence-electron chi connectivity index (χ4n) is 3.13. The number of benzene rings is 1. The van der Waals surface area contributed by atoms with Crippen LogP contribution in [0.3, 0.4) is 0 Å². The fourth-order valence-corrected chi connectivity index (χ4v) is 3.13. The van der Waals surface area contributed by atoms with E-state index >= 15 is 0 Å². The van der Waals surface area contributed by atoms with Gasteiger partial charge in [0.25, 0.3) is 0 Å². The Morgan fingerprint density at radius 1 is 1.29 bits per heavy atom. The molecule has 3 rings (SSSR count). The van der Waals surface area contributed by atoms with Crippen molar-refractivity contribution in [3.63, 3.8) is 0 Å². The maximum absolute atomic E-state index is 4.75. The lowest BCUT2D eigenvalue weighted by molar-refractivity contribution is 0.0940. The molecule has 1 aromatic carbocycles. The van der Waals surface area contributed by atoms with Crippen LogP contribution in [-0.4, -0.2) is 54.6 Å². The molecule has 112 valence electrons. The average molecular weight is 284 g/mol. The highest BCUT2D eigenvalue weighted by molar-refractivity contribution is 5.81. The number of para-hydroxylation sites is 1. The highest BCUT2D eigenvalue weighted by Gasteiger charge is 2.22. The molecule has 0 amide bonds. The van der Waals surface area contributed by atoms with Crippen molar-refractivity contribution < 1.29 is 0 Å². The van der Waals surface area contributed by atoms with Gasteiger partial charge < -0.3 is 10.2 Å². The van der Waals surface area contributed by atoms with Gasteiger partial charge in [-0.1, -0.05) is 18.2 Å². The van der Waals surface area contributed by atoms with E-state index in [0.717, 1.165) is 37.5 Å². The second-order valence-electron chi connectivity index (χ2n) is 6.02. The molecule has 1 aromatic heterocycles. The van der Waals surface area contributed by atoms with Gasteiger partial charge in [0.15, 0.2) is 0 Å². The summed E-state index contributed by atoms with van der Waals surface area (Å²) in [6.45, 7) is 6.66. The summed E-state index contributed by atoms with van der Waals surface area (Å²) in [5.74, 6) is 1.000. The van der Waals surface area contributed by atoms with Gasteiger partial charge in [-0.15, -0.1) is 0 Å². The van der Waals surface area contributed by atoms with Gasteiger partial charge in [-0.3, -0.25) is 4.90 Å². The van der Waals surface area contributed by atoms with Gasteiger partial charge in [0.05, 0.1) is 5.52 Å². The van der Waals surface area contributed by atoms with E-state index in [1.807, 2.05) is 13.1 Å². The van der Waals surface area contributed by atoms with Crippen molar-refractivity contribution in [2.24, 2.45) is 0 Å². The molecule has 0 radical (unpaired) electrons. The molecule has 1 atom stereocenters. The molecule has 0 saturated carbocycles. The normalized spacial score (nSPS) is 20.8. The first-order chi connectivity index (χ1) is 10.2. The summed E-state index contributed by atoms with van der Waals surface area (Å²) in [6, 6.07) is 11.2. The summed E-state index contributed by atoms with van der Waals surface area (Å²) in [5.41, 5.74) is 2.34. The Morgan fingerprint density at radius 2 is 2.10 bits per heavy atom. The number of piperazine rings is 1. The molecule has 21 heavy (non-hydrogen) atoms. The molecule has 1 aliphatic rings. The summed E-state index contributed by atoms with van der Waals surface area (Å²) in [5, 5.41) is 4.47. The van der Waals surface area contributed by atoms with Crippen LogP contribution < -0.4 is 5.32 Å². The Hall–Kier alpha value is -1.65. The van der Waals surface area contributed by atoms with Crippen LogP contribution in [0.2, 0.25) is 0 Å². The number of pyridine rings is 1. The molecule has 2 aromatic rings. The van der Waals surface area contributed by atoms with Crippen molar-refractivity contribution in [3.05, 3.63) is 35.9 Å². The number of anilines is 1. The molecule has 0 aliphatic carbocycles. The molecule has 1 unspecified atom stereocenters. The van der Waals surface area contributed by atoms with Crippen molar-refractivity contribution in [2.75, 3.05) is 39.0 Å². The number of fused-ring (bicyclic) bond motifs is 1. The summed E-state index contributed by atoms with van der Waals surface area (Å²) < 4.78 is 0. The van der Waals surface area contributed by atoms with Crippen molar-refractivity contribution in [3.8, 4) is 0 Å². The van der Waals surface area contributed by atoms with E-state index in [1.165, 1.54) is 10.9 Å². The molecule has 4 nitrogen and oxygen atoms in total. The monoisotopic (exact) mass is 284 g/mol. The first kappa shape index (κ1) is 14.3. The average Bonchev–Trinajstić information content (AvgIpc) is 2.49. The summed E-state index contributed by atoms with van der Waals surface area (Å²) in [4.78, 5) is 9.70. The van der Waals surface area contributed by atoms with Crippen molar-refractivity contribution >= 4 is 16.7 Å². The largest absolute Gasteiger partial charge is 0.373 e. The topological polar surface area (TPSA) is 31.4 Å². The summed E-state index contributed by atoms with van der Waals surface area (Å²) >= 11 is 0. The van der Waals surface area contributed by atoms with Gasteiger partial charge in [0.2, 0.25) is 0 Å². The Kier molecular flexibility index (Phi) is 4.08. The van der Waals surface area contributed by atoms with Crippen LogP contribution in [0.4, 0.5) is 5.82 Å². The zero-order valence-electron chi connectivity index (χ0n) is 13.1. The molecular weight excluding hydrogens is 260 g/mol. The van der Waals surface area contributed by atoms with E-state index in [-0.39, 0.29) is 0 Å². The number of hydrogen-bond donors (Lipinski definition) is 1. The predicted octanol–water partition coefficient (Wildman–Crippen LogP) is 2.41. The van der Waals surface area contributed by atoms with Crippen LogP contribution >= 0.6 is 0 Å². The highest BCUT2D eigenvalue weighted by Crippen LogP contribution is 2.23. The molecule has 0 bridgehead atoms. The highest BCUT2D eigenvalue weighted by atomic mass is 15.3. The Bertz CT molecular complexity index is 625. The maximum atomic E-state index is 4.75. The lowest BCUT2D eigenvalue weighted by Gasteiger charge is -2.38. The van der Waals surface area contributed by atoms with Crippen LogP contribution in [0, 0.1) is 0 Å². The standard InChI is InChI=1S/C17H24N4/c1-13-11-20(3)8-9-21(13)12-15-10-14-6-4-5-7-16(14)19-17(15)18-2/h4-7,10,13H,8-9,11-12H2,1-3H3,(H,18,19). The number of hydrogen-bond acceptors (Lipinski definition) is 4. The Balaban J connectivity index is 1.88. The first-order valence-corrected chi connectivity index (χ1v) is 7.66. The maximum Gasteiger partial charge on any atom is 0.130 e. The third kappa shape index (κ3) is 3.01. The van der Waals surface area contributed by atoms with Crippen molar-refractivity contribution in [1.29, 1.82) is 0 Å². The van der Waals surface area contributed by atoms with E-state index in [0.29, 0.717) is 6.04 Å². The minimum atomic E-state index is 0.583. The summed E-state index contributed by atoms with van der Waals surface area (Å²) in [6.07, 6.45) is 0. The fraction of sp³-hybridized carbons (Fsp3) is 0.471. The minimum absolute atomic E-state index is 0.583. The van der Waals surface area contributed by atoms with Gasteiger partial charge >= 0.3 is 0 Å². The lowest BCUT2D eigenvalue weighted by Crippen LogP contribution is -2.49. The van der Waals surface area contributed by atoms with Gasteiger partial charge in [-0.05, 0) is 26.1 Å². The number of nitrogens with zero attached hydrogens (tertiary/aromatic N) is 3. The van der Waals surface area contributed by atoms with Crippen LogP contribution in [0.25, 0.3) is 10.9 Å². The van der Waals surface area contributed by atoms with Crippen LogP contribution in [0.5, 0.6) is 0 Å². The number of nitrogens with one attached hydrogen (secondary N) is 1. The molecule has 1 fully saturated rings. The van der Waals surface area contributed by atoms with Gasteiger partial charge in [-0.2, -0.15) is 0 Å². The molecule has 0 spiro atoms. The molecule has 1 saturated heterocycles. The van der Waals surface area contributed by atoms with Gasteiger partial charge in [0, 0.05) is 50.2 Å². The smallest absolute Gasteiger partial charge is 0.130 e. The third-order valence-electron chi connectivity index (χ3n) is 4.38. The SMILES string of the molecule is CNc1nc2ccccc2cc1CN1CCN(C)CC1C. The molecule has 4 heteroatoms. The molecule has 1 N–H and O–H groups in total. The van der Waals surface area contributed by atoms with Gasteiger partial charge in [-0.25, -0.2) is 4.98 Å². The zero-order valence-corrected chi connectivity index (χ0v) is 13.1. The zero-order chi connectivity index (χ0) is 14.8. The summed E-state index contributed by atoms with van der Waals surface area (Å²) in [7, 11) is 4.15. The molecular formula is C17H24N4.